The highest BCUT2D eigenvalue weighted by Gasteiger charge is 2.32. The lowest BCUT2D eigenvalue weighted by Gasteiger charge is -2.13. The van der Waals surface area contributed by atoms with Crippen molar-refractivity contribution in [2.45, 2.75) is 17.5 Å². The zero-order chi connectivity index (χ0) is 23.1. The van der Waals surface area contributed by atoms with Gasteiger partial charge in [0.15, 0.2) is 0 Å². The van der Waals surface area contributed by atoms with Crippen LogP contribution in [0.5, 0.6) is 0 Å². The topological polar surface area (TPSA) is 59.1 Å². The Morgan fingerprint density at radius 2 is 1.72 bits per heavy atom. The average molecular weight is 517 g/mol. The van der Waals surface area contributed by atoms with Crippen LogP contribution in [0.3, 0.4) is 0 Å². The summed E-state index contributed by atoms with van der Waals surface area (Å²) in [6, 6.07) is 14.4. The van der Waals surface area contributed by atoms with Gasteiger partial charge in [-0.1, -0.05) is 41.4 Å². The van der Waals surface area contributed by atoms with Crippen LogP contribution in [0.2, 0.25) is 10.0 Å². The third kappa shape index (κ3) is 4.85. The number of rotatable bonds is 5. The van der Waals surface area contributed by atoms with Crippen LogP contribution in [0.1, 0.15) is 16.1 Å². The lowest BCUT2D eigenvalue weighted by molar-refractivity contribution is -0.137. The van der Waals surface area contributed by atoms with Gasteiger partial charge in [0, 0.05) is 11.4 Å². The first-order valence-electron chi connectivity index (χ1n) is 9.05. The predicted molar refractivity (Wildman–Crippen MR) is 121 cm³/mol. The number of hydrogen-bond donors (Lipinski definition) is 1. The number of para-hydroxylation sites is 1. The number of nitrogens with one attached hydrogen (secondary N) is 1. The van der Waals surface area contributed by atoms with Gasteiger partial charge in [-0.3, -0.25) is 4.72 Å². The minimum absolute atomic E-state index is 0.152. The number of sulfonamides is 1. The summed E-state index contributed by atoms with van der Waals surface area (Å²) >= 11 is 13.7. The van der Waals surface area contributed by atoms with Gasteiger partial charge in [0.1, 0.15) is 4.90 Å². The largest absolute Gasteiger partial charge is 0.416 e. The van der Waals surface area contributed by atoms with E-state index < -0.39 is 31.7 Å². The fraction of sp³-hybridized carbons (Fsp3) is 0.0952. The van der Waals surface area contributed by atoms with Crippen molar-refractivity contribution in [2.24, 2.45) is 0 Å². The molecule has 1 heterocycles. The lowest BCUT2D eigenvalue weighted by Crippen LogP contribution is -2.14. The highest BCUT2D eigenvalue weighted by atomic mass is 35.5. The van der Waals surface area contributed by atoms with Gasteiger partial charge in [-0.05, 0) is 48.0 Å². The third-order valence-electron chi connectivity index (χ3n) is 4.53. The van der Waals surface area contributed by atoms with Crippen LogP contribution in [-0.4, -0.2) is 13.4 Å². The van der Waals surface area contributed by atoms with Crippen molar-refractivity contribution in [3.05, 3.63) is 86.8 Å². The summed E-state index contributed by atoms with van der Waals surface area (Å²) in [6.45, 7) is 0. The molecule has 166 valence electrons. The number of benzene rings is 3. The molecule has 4 aromatic rings. The first-order chi connectivity index (χ1) is 15.0. The van der Waals surface area contributed by atoms with Crippen molar-refractivity contribution in [3.63, 3.8) is 0 Å². The molecule has 0 aliphatic rings. The lowest BCUT2D eigenvalue weighted by atomic mass is 10.1. The first-order valence-corrected chi connectivity index (χ1v) is 12.1. The molecule has 1 N–H and O–H groups in total. The molecule has 4 rings (SSSR count). The van der Waals surface area contributed by atoms with E-state index in [1.165, 1.54) is 12.1 Å². The minimum Gasteiger partial charge on any atom is -0.280 e. The average Bonchev–Trinajstić information content (AvgIpc) is 3.11. The Bertz CT molecular complexity index is 1390. The van der Waals surface area contributed by atoms with Gasteiger partial charge in [0.05, 0.1) is 31.5 Å². The maximum atomic E-state index is 12.8. The molecule has 0 aliphatic heterocycles. The molecular formula is C21H13Cl2F3N2O2S2. The molecule has 3 aromatic carbocycles. The van der Waals surface area contributed by atoms with Crippen LogP contribution in [-0.2, 0) is 22.6 Å². The summed E-state index contributed by atoms with van der Waals surface area (Å²) < 4.78 is 67.0. The van der Waals surface area contributed by atoms with E-state index in [-0.39, 0.29) is 5.69 Å². The van der Waals surface area contributed by atoms with E-state index in [2.05, 4.69) is 9.71 Å². The number of anilines is 1. The quantitative estimate of drug-likeness (QED) is 0.310. The fourth-order valence-corrected chi connectivity index (χ4v) is 5.85. The number of alkyl halides is 3. The Balaban J connectivity index is 1.55. The zero-order valence-electron chi connectivity index (χ0n) is 16.0. The van der Waals surface area contributed by atoms with E-state index in [0.717, 1.165) is 26.9 Å². The molecule has 32 heavy (non-hydrogen) atoms. The fourth-order valence-electron chi connectivity index (χ4n) is 3.02. The Morgan fingerprint density at radius 3 is 2.38 bits per heavy atom. The van der Waals surface area contributed by atoms with Gasteiger partial charge in [-0.25, -0.2) is 13.4 Å². The van der Waals surface area contributed by atoms with E-state index >= 15 is 0 Å². The normalized spacial score (nSPS) is 12.3. The van der Waals surface area contributed by atoms with Crippen LogP contribution >= 0.6 is 34.5 Å². The summed E-state index contributed by atoms with van der Waals surface area (Å²) in [5, 5.41) is 0.645. The number of halogens is 5. The molecule has 4 nitrogen and oxygen atoms in total. The second-order valence-corrected chi connectivity index (χ2v) is 10.4. The maximum absolute atomic E-state index is 12.8. The van der Waals surface area contributed by atoms with Crippen LogP contribution in [0.4, 0.5) is 18.9 Å². The van der Waals surface area contributed by atoms with Gasteiger partial charge >= 0.3 is 6.18 Å². The monoisotopic (exact) mass is 516 g/mol. The molecule has 0 spiro atoms. The zero-order valence-corrected chi connectivity index (χ0v) is 19.1. The first kappa shape index (κ1) is 22.8. The molecule has 0 fully saturated rings. The van der Waals surface area contributed by atoms with Crippen LogP contribution in [0.25, 0.3) is 10.2 Å². The summed E-state index contributed by atoms with van der Waals surface area (Å²) in [4.78, 5) is 4.09. The Labute approximate surface area is 195 Å². The second-order valence-electron chi connectivity index (χ2n) is 6.81. The van der Waals surface area contributed by atoms with Crippen molar-refractivity contribution in [3.8, 4) is 0 Å². The third-order valence-corrected chi connectivity index (χ3v) is 7.79. The number of aromatic nitrogens is 1. The summed E-state index contributed by atoms with van der Waals surface area (Å²) in [5.74, 6) is 0. The highest BCUT2D eigenvalue weighted by Crippen LogP contribution is 2.34. The van der Waals surface area contributed by atoms with Gasteiger partial charge in [-0.2, -0.15) is 13.2 Å². The van der Waals surface area contributed by atoms with Gasteiger partial charge in [0.25, 0.3) is 10.0 Å². The predicted octanol–water partition coefficient (Wildman–Crippen LogP) is 7.01. The molecule has 0 unspecified atom stereocenters. The summed E-state index contributed by atoms with van der Waals surface area (Å²) in [5.41, 5.74) is 0.755. The molecule has 1 aromatic heterocycles. The number of thiazole rings is 1. The Morgan fingerprint density at radius 1 is 0.969 bits per heavy atom. The Hall–Kier alpha value is -2.33. The minimum atomic E-state index is -4.63. The molecule has 0 bridgehead atoms. The highest BCUT2D eigenvalue weighted by molar-refractivity contribution is 7.92. The molecule has 0 atom stereocenters. The molecule has 0 saturated carbocycles. The molecule has 0 radical (unpaired) electrons. The van der Waals surface area contributed by atoms with Crippen molar-refractivity contribution >= 4 is 60.5 Å². The number of nitrogens with zero attached hydrogens (tertiary/aromatic N) is 1. The smallest absolute Gasteiger partial charge is 0.280 e. The standard InChI is InChI=1S/C21H13Cl2F3N2O2S2/c22-15-11-14(7-5-12(15)9-20-27-17-3-1-2-4-18(17)31-20)28-32(29,30)19-8-6-13(10-16(19)23)21(24,25)26/h1-8,10-11,28H,9H2. The molecule has 0 saturated heterocycles. The van der Waals surface area contributed by atoms with Gasteiger partial charge in [-0.15, -0.1) is 11.3 Å². The van der Waals surface area contributed by atoms with E-state index in [1.807, 2.05) is 24.3 Å². The molecule has 0 aliphatic carbocycles. The molecule has 11 heteroatoms. The molecule has 0 amide bonds. The summed E-state index contributed by atoms with van der Waals surface area (Å²) in [7, 11) is -4.23. The maximum Gasteiger partial charge on any atom is 0.416 e. The van der Waals surface area contributed by atoms with E-state index in [1.54, 1.807) is 17.4 Å². The van der Waals surface area contributed by atoms with E-state index in [9.17, 15) is 21.6 Å². The van der Waals surface area contributed by atoms with Crippen molar-refractivity contribution in [1.29, 1.82) is 0 Å². The van der Waals surface area contributed by atoms with Crippen LogP contribution < -0.4 is 4.72 Å². The number of fused-ring (bicyclic) bond motifs is 1. The van der Waals surface area contributed by atoms with Crippen molar-refractivity contribution in [2.75, 3.05) is 4.72 Å². The number of hydrogen-bond acceptors (Lipinski definition) is 4. The van der Waals surface area contributed by atoms with Crippen molar-refractivity contribution < 1.29 is 21.6 Å². The Kier molecular flexibility index (Phi) is 6.10. The SMILES string of the molecule is O=S(=O)(Nc1ccc(Cc2nc3ccccc3s2)c(Cl)c1)c1ccc(C(F)(F)F)cc1Cl. The summed E-state index contributed by atoms with van der Waals surface area (Å²) in [6.07, 6.45) is -4.16. The van der Waals surface area contributed by atoms with E-state index in [0.29, 0.717) is 23.6 Å². The van der Waals surface area contributed by atoms with Gasteiger partial charge in [0.2, 0.25) is 0 Å². The van der Waals surface area contributed by atoms with Gasteiger partial charge < -0.3 is 0 Å². The van der Waals surface area contributed by atoms with Crippen LogP contribution in [0, 0.1) is 0 Å². The van der Waals surface area contributed by atoms with Crippen LogP contribution in [0.15, 0.2) is 65.6 Å². The second kappa shape index (κ2) is 8.55. The van der Waals surface area contributed by atoms with Crippen molar-refractivity contribution in [1.82, 2.24) is 4.98 Å². The molecular weight excluding hydrogens is 504 g/mol. The van der Waals surface area contributed by atoms with E-state index in [4.69, 9.17) is 23.2 Å².